The minimum absolute atomic E-state index is 0.101. The summed E-state index contributed by atoms with van der Waals surface area (Å²) in [6.07, 6.45) is 6.60. The molecule has 1 N–H and O–H groups in total. The standard InChI is InChI=1S/C35H37FN4O5S/c36-29-21-27(45-22-24-19-26(39-14-4-7-33(39)41)9-13-31(24)38-15-17-46(44)18-16-38)10-11-28(29)34-37-30-20-23(35(42)43)8-12-32(30)40(34)25-5-2-1-3-6-25/h8-13,19-21,25H,1-7,14-18,22H2,(H,42,43). The van der Waals surface area contributed by atoms with E-state index in [2.05, 4.69) is 9.47 Å². The topological polar surface area (TPSA) is 105 Å². The molecule has 3 aromatic carbocycles. The maximum absolute atomic E-state index is 16.0. The van der Waals surface area contributed by atoms with Crippen molar-refractivity contribution >= 4 is 45.1 Å². The number of carbonyl (C=O) groups excluding carboxylic acids is 1. The van der Waals surface area contributed by atoms with E-state index in [0.29, 0.717) is 60.2 Å². The highest BCUT2D eigenvalue weighted by Gasteiger charge is 2.26. The SMILES string of the molecule is O=C(O)c1ccc2c(c1)nc(-c1ccc(OCc3cc(N4CCCC4=O)ccc3N3CCS(=O)CC3)cc1F)n2C1CCCCC1. The molecule has 1 aromatic heterocycles. The molecule has 1 aliphatic carbocycles. The number of nitrogens with zero attached hydrogens (tertiary/aromatic N) is 4. The van der Waals surface area contributed by atoms with Gasteiger partial charge in [0.1, 0.15) is 24.0 Å². The van der Waals surface area contributed by atoms with Crippen LogP contribution >= 0.6 is 0 Å². The third-order valence-corrected chi connectivity index (χ3v) is 10.7. The lowest BCUT2D eigenvalue weighted by molar-refractivity contribution is -0.117. The summed E-state index contributed by atoms with van der Waals surface area (Å²) in [7, 11) is -0.820. The number of imidazole rings is 1. The number of carboxylic acids is 1. The van der Waals surface area contributed by atoms with Crippen molar-refractivity contribution in [1.29, 1.82) is 0 Å². The predicted molar refractivity (Wildman–Crippen MR) is 177 cm³/mol. The van der Waals surface area contributed by atoms with Crippen molar-refractivity contribution in [3.05, 3.63) is 71.5 Å². The van der Waals surface area contributed by atoms with Crippen molar-refractivity contribution in [2.24, 2.45) is 0 Å². The number of aromatic carboxylic acids is 1. The van der Waals surface area contributed by atoms with Gasteiger partial charge in [0.15, 0.2) is 0 Å². The van der Waals surface area contributed by atoms with E-state index < -0.39 is 22.6 Å². The highest BCUT2D eigenvalue weighted by molar-refractivity contribution is 7.85. The Hall–Kier alpha value is -4.25. The number of hydrogen-bond acceptors (Lipinski definition) is 6. The first-order chi connectivity index (χ1) is 22.4. The monoisotopic (exact) mass is 644 g/mol. The molecule has 0 atom stereocenters. The first-order valence-electron chi connectivity index (χ1n) is 16.1. The summed E-state index contributed by atoms with van der Waals surface area (Å²) in [5, 5.41) is 9.54. The summed E-state index contributed by atoms with van der Waals surface area (Å²) >= 11 is 0. The molecule has 0 bridgehead atoms. The van der Waals surface area contributed by atoms with Crippen LogP contribution in [0.15, 0.2) is 54.6 Å². The molecule has 7 rings (SSSR count). The van der Waals surface area contributed by atoms with Crippen LogP contribution in [0.25, 0.3) is 22.4 Å². The number of carbonyl (C=O) groups is 2. The van der Waals surface area contributed by atoms with Crippen molar-refractivity contribution in [3.8, 4) is 17.1 Å². The third-order valence-electron chi connectivity index (χ3n) is 9.42. The minimum Gasteiger partial charge on any atom is -0.489 e. The van der Waals surface area contributed by atoms with E-state index in [1.54, 1.807) is 35.2 Å². The van der Waals surface area contributed by atoms with Gasteiger partial charge in [-0.3, -0.25) is 9.00 Å². The lowest BCUT2D eigenvalue weighted by atomic mass is 9.94. The van der Waals surface area contributed by atoms with Crippen molar-refractivity contribution in [2.75, 3.05) is 40.9 Å². The zero-order chi connectivity index (χ0) is 31.8. The van der Waals surface area contributed by atoms with Crippen LogP contribution < -0.4 is 14.5 Å². The summed E-state index contributed by atoms with van der Waals surface area (Å²) < 4.78 is 36.2. The number of aromatic nitrogens is 2. The van der Waals surface area contributed by atoms with Crippen LogP contribution in [0.1, 0.15) is 66.9 Å². The van der Waals surface area contributed by atoms with Gasteiger partial charge in [-0.25, -0.2) is 14.2 Å². The van der Waals surface area contributed by atoms with Gasteiger partial charge in [-0.2, -0.15) is 0 Å². The van der Waals surface area contributed by atoms with Gasteiger partial charge in [-0.1, -0.05) is 19.3 Å². The fourth-order valence-electron chi connectivity index (χ4n) is 7.02. The Morgan fingerprint density at radius 3 is 2.50 bits per heavy atom. The second kappa shape index (κ2) is 12.9. The van der Waals surface area contributed by atoms with Gasteiger partial charge in [0.05, 0.1) is 22.2 Å². The number of carboxylic acid groups (broad SMARTS) is 1. The third kappa shape index (κ3) is 6.00. The van der Waals surface area contributed by atoms with E-state index in [4.69, 9.17) is 9.72 Å². The Balaban J connectivity index is 1.19. The Morgan fingerprint density at radius 2 is 1.78 bits per heavy atom. The molecule has 4 aromatic rings. The van der Waals surface area contributed by atoms with Crippen LogP contribution in [-0.2, 0) is 22.2 Å². The summed E-state index contributed by atoms with van der Waals surface area (Å²) in [6.45, 7) is 2.18. The van der Waals surface area contributed by atoms with Crippen LogP contribution in [0.4, 0.5) is 15.8 Å². The first kappa shape index (κ1) is 30.4. The molecule has 0 radical (unpaired) electrons. The molecule has 1 saturated carbocycles. The summed E-state index contributed by atoms with van der Waals surface area (Å²) in [5.74, 6) is 0.650. The van der Waals surface area contributed by atoms with E-state index >= 15 is 4.39 Å². The van der Waals surface area contributed by atoms with Crippen molar-refractivity contribution < 1.29 is 28.0 Å². The van der Waals surface area contributed by atoms with Gasteiger partial charge in [0.2, 0.25) is 5.91 Å². The average Bonchev–Trinajstić information content (AvgIpc) is 3.67. The number of fused-ring (bicyclic) bond motifs is 1. The number of benzene rings is 3. The Kier molecular flexibility index (Phi) is 8.50. The quantitative estimate of drug-likeness (QED) is 0.239. The number of halogens is 1. The molecule has 0 spiro atoms. The molecular formula is C35H37FN4O5S. The van der Waals surface area contributed by atoms with Crippen LogP contribution in [0.3, 0.4) is 0 Å². The second-order valence-corrected chi connectivity index (χ2v) is 14.0. The number of anilines is 2. The van der Waals surface area contributed by atoms with Gasteiger partial charge >= 0.3 is 5.97 Å². The van der Waals surface area contributed by atoms with E-state index in [-0.39, 0.29) is 24.1 Å². The highest BCUT2D eigenvalue weighted by Crippen LogP contribution is 2.38. The minimum atomic E-state index is -1.03. The van der Waals surface area contributed by atoms with Crippen molar-refractivity contribution in [2.45, 2.75) is 57.6 Å². The molecule has 2 aliphatic heterocycles. The highest BCUT2D eigenvalue weighted by atomic mass is 32.2. The fraction of sp³-hybridized carbons (Fsp3) is 0.400. The van der Waals surface area contributed by atoms with E-state index in [1.807, 2.05) is 18.2 Å². The number of rotatable bonds is 8. The van der Waals surface area contributed by atoms with Crippen LogP contribution in [0.2, 0.25) is 0 Å². The Bertz CT molecular complexity index is 1830. The van der Waals surface area contributed by atoms with E-state index in [0.717, 1.165) is 61.0 Å². The van der Waals surface area contributed by atoms with Crippen molar-refractivity contribution in [3.63, 3.8) is 0 Å². The maximum atomic E-state index is 16.0. The van der Waals surface area contributed by atoms with E-state index in [9.17, 15) is 18.9 Å². The summed E-state index contributed by atoms with van der Waals surface area (Å²) in [6, 6.07) is 15.8. The Morgan fingerprint density at radius 1 is 0.978 bits per heavy atom. The molecule has 3 fully saturated rings. The van der Waals surface area contributed by atoms with Crippen LogP contribution in [0.5, 0.6) is 5.75 Å². The van der Waals surface area contributed by atoms with Gasteiger partial charge in [0, 0.05) is 77.4 Å². The van der Waals surface area contributed by atoms with Gasteiger partial charge in [0.25, 0.3) is 0 Å². The van der Waals surface area contributed by atoms with E-state index in [1.165, 1.54) is 6.07 Å². The van der Waals surface area contributed by atoms with Gasteiger partial charge in [-0.05, 0) is 67.8 Å². The lowest BCUT2D eigenvalue weighted by Crippen LogP contribution is -2.38. The number of hydrogen-bond donors (Lipinski definition) is 1. The molecule has 0 unspecified atom stereocenters. The summed E-state index contributed by atoms with van der Waals surface area (Å²) in [5.41, 5.74) is 4.48. The molecule has 3 aliphatic rings. The largest absolute Gasteiger partial charge is 0.489 e. The lowest BCUT2D eigenvalue weighted by Gasteiger charge is -2.31. The predicted octanol–water partition coefficient (Wildman–Crippen LogP) is 6.32. The Labute approximate surface area is 269 Å². The zero-order valence-electron chi connectivity index (χ0n) is 25.6. The molecule has 2 saturated heterocycles. The normalized spacial score (nSPS) is 18.1. The molecule has 9 nitrogen and oxygen atoms in total. The molecule has 3 heterocycles. The van der Waals surface area contributed by atoms with Crippen LogP contribution in [0, 0.1) is 5.82 Å². The van der Waals surface area contributed by atoms with Gasteiger partial charge < -0.3 is 24.2 Å². The molecule has 1 amide bonds. The maximum Gasteiger partial charge on any atom is 0.335 e. The first-order valence-corrected chi connectivity index (χ1v) is 17.6. The summed E-state index contributed by atoms with van der Waals surface area (Å²) in [4.78, 5) is 32.9. The van der Waals surface area contributed by atoms with Gasteiger partial charge in [-0.15, -0.1) is 0 Å². The molecule has 46 heavy (non-hydrogen) atoms. The number of amides is 1. The van der Waals surface area contributed by atoms with Crippen molar-refractivity contribution in [1.82, 2.24) is 9.55 Å². The zero-order valence-corrected chi connectivity index (χ0v) is 26.4. The smallest absolute Gasteiger partial charge is 0.335 e. The fourth-order valence-corrected chi connectivity index (χ4v) is 8.07. The average molecular weight is 645 g/mol. The molecule has 240 valence electrons. The molecule has 11 heteroatoms. The molecular weight excluding hydrogens is 607 g/mol. The van der Waals surface area contributed by atoms with Crippen LogP contribution in [-0.4, -0.2) is 61.9 Å². The number of ether oxygens (including phenoxy) is 1. The second-order valence-electron chi connectivity index (χ2n) is 12.3.